The summed E-state index contributed by atoms with van der Waals surface area (Å²) in [5.74, 6) is -0.231. The first-order valence-corrected chi connectivity index (χ1v) is 5.91. The summed E-state index contributed by atoms with van der Waals surface area (Å²) >= 11 is 0. The van der Waals surface area contributed by atoms with Gasteiger partial charge in [-0.25, -0.2) is 4.39 Å². The molecule has 94 valence electrons. The van der Waals surface area contributed by atoms with E-state index in [1.165, 1.54) is 12.1 Å². The van der Waals surface area contributed by atoms with E-state index in [1.807, 2.05) is 37.3 Å². The van der Waals surface area contributed by atoms with E-state index in [4.69, 9.17) is 5.11 Å². The maximum Gasteiger partial charge on any atom is 0.123 e. The van der Waals surface area contributed by atoms with Crippen LogP contribution in [0.2, 0.25) is 0 Å². The van der Waals surface area contributed by atoms with E-state index < -0.39 is 0 Å². The van der Waals surface area contributed by atoms with E-state index in [0.29, 0.717) is 0 Å². The first-order chi connectivity index (χ1) is 8.69. The molecule has 0 aliphatic heterocycles. The molecular weight excluding hydrogens is 229 g/mol. The predicted molar refractivity (Wildman–Crippen MR) is 70.8 cm³/mol. The Bertz CT molecular complexity index is 527. The molecule has 0 aromatic heterocycles. The highest BCUT2D eigenvalue weighted by Crippen LogP contribution is 2.20. The van der Waals surface area contributed by atoms with Gasteiger partial charge in [0, 0.05) is 11.7 Å². The van der Waals surface area contributed by atoms with Crippen LogP contribution in [0.15, 0.2) is 48.5 Å². The van der Waals surface area contributed by atoms with E-state index in [9.17, 15) is 4.39 Å². The second kappa shape index (κ2) is 5.65. The number of aliphatic hydroxyl groups excluding tert-OH is 1. The van der Waals surface area contributed by atoms with Gasteiger partial charge in [0.2, 0.25) is 0 Å². The second-order valence-corrected chi connectivity index (χ2v) is 4.28. The number of halogens is 1. The van der Waals surface area contributed by atoms with Crippen LogP contribution in [0.1, 0.15) is 24.1 Å². The first-order valence-electron chi connectivity index (χ1n) is 5.91. The Morgan fingerprint density at radius 3 is 2.67 bits per heavy atom. The molecule has 0 aliphatic carbocycles. The van der Waals surface area contributed by atoms with Crippen LogP contribution in [0.5, 0.6) is 0 Å². The van der Waals surface area contributed by atoms with Gasteiger partial charge >= 0.3 is 0 Å². The molecule has 3 heteroatoms. The number of benzene rings is 2. The smallest absolute Gasteiger partial charge is 0.123 e. The number of hydrogen-bond donors (Lipinski definition) is 2. The summed E-state index contributed by atoms with van der Waals surface area (Å²) in [6, 6.07) is 14.1. The van der Waals surface area contributed by atoms with Crippen molar-refractivity contribution in [2.45, 2.75) is 19.6 Å². The molecule has 0 aliphatic rings. The number of hydrogen-bond acceptors (Lipinski definition) is 2. The lowest BCUT2D eigenvalue weighted by Gasteiger charge is -2.16. The molecule has 0 heterocycles. The Morgan fingerprint density at radius 1 is 1.17 bits per heavy atom. The summed E-state index contributed by atoms with van der Waals surface area (Å²) in [4.78, 5) is 0. The normalized spacial score (nSPS) is 12.2. The van der Waals surface area contributed by atoms with E-state index in [2.05, 4.69) is 5.32 Å². The molecular formula is C15H16FNO. The number of nitrogens with one attached hydrogen (secondary N) is 1. The minimum absolute atomic E-state index is 0.00893. The fourth-order valence-electron chi connectivity index (χ4n) is 1.87. The van der Waals surface area contributed by atoms with Gasteiger partial charge in [0.1, 0.15) is 5.82 Å². The molecule has 18 heavy (non-hydrogen) atoms. The van der Waals surface area contributed by atoms with E-state index in [1.54, 1.807) is 6.07 Å². The Balaban J connectivity index is 2.13. The molecule has 0 saturated heterocycles. The molecule has 0 spiro atoms. The molecule has 2 N–H and O–H groups in total. The van der Waals surface area contributed by atoms with Crippen molar-refractivity contribution in [3.05, 3.63) is 65.5 Å². The van der Waals surface area contributed by atoms with Gasteiger partial charge < -0.3 is 10.4 Å². The lowest BCUT2D eigenvalue weighted by molar-refractivity contribution is 0.282. The van der Waals surface area contributed by atoms with Crippen LogP contribution in [0, 0.1) is 5.82 Å². The lowest BCUT2D eigenvalue weighted by atomic mass is 10.1. The third kappa shape index (κ3) is 3.08. The highest BCUT2D eigenvalue weighted by molar-refractivity contribution is 5.47. The van der Waals surface area contributed by atoms with Crippen molar-refractivity contribution >= 4 is 5.69 Å². The van der Waals surface area contributed by atoms with Crippen molar-refractivity contribution in [3.63, 3.8) is 0 Å². The highest BCUT2D eigenvalue weighted by atomic mass is 19.1. The molecule has 0 bridgehead atoms. The second-order valence-electron chi connectivity index (χ2n) is 4.28. The predicted octanol–water partition coefficient (Wildman–Crippen LogP) is 3.49. The molecule has 0 fully saturated rings. The topological polar surface area (TPSA) is 32.3 Å². The van der Waals surface area contributed by atoms with Gasteiger partial charge in [0.05, 0.1) is 6.61 Å². The molecule has 2 rings (SSSR count). The maximum absolute atomic E-state index is 13.1. The van der Waals surface area contributed by atoms with Crippen LogP contribution < -0.4 is 5.32 Å². The van der Waals surface area contributed by atoms with Crippen molar-refractivity contribution in [3.8, 4) is 0 Å². The van der Waals surface area contributed by atoms with Crippen LogP contribution >= 0.6 is 0 Å². The SMILES string of the molecule is CC(Nc1cccc(CO)c1)c1cccc(F)c1. The summed E-state index contributed by atoms with van der Waals surface area (Å²) in [6.45, 7) is 1.99. The average molecular weight is 245 g/mol. The zero-order chi connectivity index (χ0) is 13.0. The van der Waals surface area contributed by atoms with Gasteiger partial charge in [-0.05, 0) is 42.3 Å². The van der Waals surface area contributed by atoms with E-state index in [-0.39, 0.29) is 18.5 Å². The number of aliphatic hydroxyl groups is 1. The van der Waals surface area contributed by atoms with Gasteiger partial charge in [-0.1, -0.05) is 24.3 Å². The summed E-state index contributed by atoms with van der Waals surface area (Å²) < 4.78 is 13.1. The minimum atomic E-state index is -0.231. The zero-order valence-corrected chi connectivity index (χ0v) is 10.2. The van der Waals surface area contributed by atoms with Crippen LogP contribution in [-0.4, -0.2) is 5.11 Å². The summed E-state index contributed by atoms with van der Waals surface area (Å²) in [6.07, 6.45) is 0. The van der Waals surface area contributed by atoms with Crippen molar-refractivity contribution in [2.75, 3.05) is 5.32 Å². The Kier molecular flexibility index (Phi) is 3.95. The van der Waals surface area contributed by atoms with Gasteiger partial charge in [-0.15, -0.1) is 0 Å². The van der Waals surface area contributed by atoms with Crippen LogP contribution in [0.25, 0.3) is 0 Å². The molecule has 1 atom stereocenters. The molecule has 2 aromatic carbocycles. The Hall–Kier alpha value is -1.87. The first kappa shape index (κ1) is 12.6. The van der Waals surface area contributed by atoms with Crippen LogP contribution in [0.3, 0.4) is 0 Å². The van der Waals surface area contributed by atoms with Gasteiger partial charge in [-0.2, -0.15) is 0 Å². The minimum Gasteiger partial charge on any atom is -0.392 e. The molecule has 2 nitrogen and oxygen atoms in total. The third-order valence-corrected chi connectivity index (χ3v) is 2.84. The zero-order valence-electron chi connectivity index (χ0n) is 10.2. The number of rotatable bonds is 4. The fraction of sp³-hybridized carbons (Fsp3) is 0.200. The molecule has 0 radical (unpaired) electrons. The molecule has 0 saturated carbocycles. The lowest BCUT2D eigenvalue weighted by Crippen LogP contribution is -2.07. The van der Waals surface area contributed by atoms with Crippen molar-refractivity contribution in [2.24, 2.45) is 0 Å². The Labute approximate surface area is 106 Å². The van der Waals surface area contributed by atoms with Crippen molar-refractivity contribution in [1.82, 2.24) is 0 Å². The standard InChI is InChI=1S/C15H16FNO/c1-11(13-5-3-6-14(16)9-13)17-15-7-2-4-12(8-15)10-18/h2-9,11,17-18H,10H2,1H3. The molecule has 0 amide bonds. The average Bonchev–Trinajstić information content (AvgIpc) is 2.39. The fourth-order valence-corrected chi connectivity index (χ4v) is 1.87. The van der Waals surface area contributed by atoms with E-state index in [0.717, 1.165) is 16.8 Å². The van der Waals surface area contributed by atoms with Gasteiger partial charge in [0.15, 0.2) is 0 Å². The van der Waals surface area contributed by atoms with Crippen molar-refractivity contribution < 1.29 is 9.50 Å². The summed E-state index contributed by atoms with van der Waals surface area (Å²) in [5, 5.41) is 12.4. The summed E-state index contributed by atoms with van der Waals surface area (Å²) in [5.41, 5.74) is 2.66. The molecule has 2 aromatic rings. The van der Waals surface area contributed by atoms with E-state index >= 15 is 0 Å². The monoisotopic (exact) mass is 245 g/mol. The third-order valence-electron chi connectivity index (χ3n) is 2.84. The largest absolute Gasteiger partial charge is 0.392 e. The Morgan fingerprint density at radius 2 is 1.94 bits per heavy atom. The van der Waals surface area contributed by atoms with Gasteiger partial charge in [-0.3, -0.25) is 0 Å². The van der Waals surface area contributed by atoms with Gasteiger partial charge in [0.25, 0.3) is 0 Å². The number of anilines is 1. The highest BCUT2D eigenvalue weighted by Gasteiger charge is 2.06. The van der Waals surface area contributed by atoms with Crippen LogP contribution in [-0.2, 0) is 6.61 Å². The summed E-state index contributed by atoms with van der Waals surface area (Å²) in [7, 11) is 0. The van der Waals surface area contributed by atoms with Crippen LogP contribution in [0.4, 0.5) is 10.1 Å². The quantitative estimate of drug-likeness (QED) is 0.864. The van der Waals surface area contributed by atoms with Crippen molar-refractivity contribution in [1.29, 1.82) is 0 Å². The maximum atomic E-state index is 13.1. The molecule has 1 unspecified atom stereocenters.